The summed E-state index contributed by atoms with van der Waals surface area (Å²) in [6, 6.07) is 8.92. The fourth-order valence-corrected chi connectivity index (χ4v) is 2.38. The second kappa shape index (κ2) is 5.31. The van der Waals surface area contributed by atoms with Crippen LogP contribution in [0.4, 0.5) is 0 Å². The summed E-state index contributed by atoms with van der Waals surface area (Å²) in [6.45, 7) is 8.33. The molecule has 2 rings (SSSR count). The summed E-state index contributed by atoms with van der Waals surface area (Å²) in [5, 5.41) is 6.71. The molecule has 0 aliphatic carbocycles. The summed E-state index contributed by atoms with van der Waals surface area (Å²) in [5.41, 5.74) is 1.39. The number of hydrogen-bond acceptors (Lipinski definition) is 3. The van der Waals surface area contributed by atoms with Crippen molar-refractivity contribution in [2.75, 3.05) is 13.1 Å². The third kappa shape index (κ3) is 3.25. The summed E-state index contributed by atoms with van der Waals surface area (Å²) in [7, 11) is 0. The molecule has 0 saturated carbocycles. The maximum Gasteiger partial charge on any atom is 0.191 e. The van der Waals surface area contributed by atoms with E-state index < -0.39 is 0 Å². The molecule has 0 amide bonds. The van der Waals surface area contributed by atoms with Gasteiger partial charge in [0.05, 0.1) is 6.54 Å². The molecule has 0 spiro atoms. The first-order valence-electron chi connectivity index (χ1n) is 6.28. The zero-order chi connectivity index (χ0) is 13.2. The van der Waals surface area contributed by atoms with Gasteiger partial charge in [-0.05, 0) is 24.6 Å². The van der Waals surface area contributed by atoms with Crippen LogP contribution in [0.15, 0.2) is 33.7 Å². The molecule has 1 unspecified atom stereocenters. The lowest BCUT2D eigenvalue weighted by Crippen LogP contribution is -2.43. The first-order chi connectivity index (χ1) is 8.47. The van der Waals surface area contributed by atoms with E-state index in [4.69, 9.17) is 0 Å². The van der Waals surface area contributed by atoms with Crippen LogP contribution in [-0.2, 0) is 5.41 Å². The maximum atomic E-state index is 4.42. The number of guanidine groups is 1. The molecule has 1 heterocycles. The highest BCUT2D eigenvalue weighted by Gasteiger charge is 2.22. The Bertz CT molecular complexity index is 454. The van der Waals surface area contributed by atoms with Crippen molar-refractivity contribution in [2.24, 2.45) is 4.99 Å². The lowest BCUT2D eigenvalue weighted by atomic mass is 9.85. The zero-order valence-corrected chi connectivity index (χ0v) is 12.7. The van der Waals surface area contributed by atoms with E-state index in [2.05, 4.69) is 76.6 Å². The van der Waals surface area contributed by atoms with Gasteiger partial charge in [0.25, 0.3) is 0 Å². The van der Waals surface area contributed by atoms with E-state index in [-0.39, 0.29) is 5.41 Å². The fourth-order valence-electron chi connectivity index (χ4n) is 1.98. The molecule has 0 aromatic heterocycles. The van der Waals surface area contributed by atoms with Crippen molar-refractivity contribution in [2.45, 2.75) is 32.2 Å². The van der Waals surface area contributed by atoms with Crippen molar-refractivity contribution in [3.05, 3.63) is 34.3 Å². The van der Waals surface area contributed by atoms with Crippen LogP contribution in [0.5, 0.6) is 0 Å². The van der Waals surface area contributed by atoms with Gasteiger partial charge in [0.15, 0.2) is 5.96 Å². The Morgan fingerprint density at radius 1 is 1.50 bits per heavy atom. The maximum absolute atomic E-state index is 4.42. The van der Waals surface area contributed by atoms with Crippen molar-refractivity contribution in [1.82, 2.24) is 10.6 Å². The lowest BCUT2D eigenvalue weighted by Gasteiger charge is -2.26. The van der Waals surface area contributed by atoms with Crippen LogP contribution in [0.1, 0.15) is 26.3 Å². The molecule has 18 heavy (non-hydrogen) atoms. The fraction of sp³-hybridized carbons (Fsp3) is 0.500. The molecule has 1 aliphatic heterocycles. The summed E-state index contributed by atoms with van der Waals surface area (Å²) in [6.07, 6.45) is 0. The second-order valence-corrected chi connectivity index (χ2v) is 6.40. The standard InChI is InChI=1S/C14H20BrN3/c1-10-8-16-13(18-10)17-9-14(2,3)11-5-4-6-12(15)7-11/h4-7,10H,8-9H2,1-3H3,(H2,16,17,18). The molecular weight excluding hydrogens is 290 g/mol. The summed E-state index contributed by atoms with van der Waals surface area (Å²) in [5.74, 6) is 0.922. The molecule has 0 bridgehead atoms. The van der Waals surface area contributed by atoms with E-state index in [1.807, 2.05) is 0 Å². The predicted molar refractivity (Wildman–Crippen MR) is 80.1 cm³/mol. The van der Waals surface area contributed by atoms with E-state index in [0.29, 0.717) is 6.04 Å². The van der Waals surface area contributed by atoms with E-state index in [0.717, 1.165) is 23.5 Å². The Labute approximate surface area is 117 Å². The number of nitrogens with one attached hydrogen (secondary N) is 2. The third-order valence-electron chi connectivity index (χ3n) is 3.21. The van der Waals surface area contributed by atoms with E-state index >= 15 is 0 Å². The number of aliphatic imine (C=N–C) groups is 1. The van der Waals surface area contributed by atoms with Gasteiger partial charge in [-0.2, -0.15) is 0 Å². The molecule has 1 aromatic carbocycles. The van der Waals surface area contributed by atoms with Crippen LogP contribution in [-0.4, -0.2) is 25.1 Å². The quantitative estimate of drug-likeness (QED) is 0.900. The Kier molecular flexibility index (Phi) is 3.95. The molecule has 0 saturated heterocycles. The molecule has 2 N–H and O–H groups in total. The van der Waals surface area contributed by atoms with Crippen molar-refractivity contribution in [3.63, 3.8) is 0 Å². The number of hydrogen-bond donors (Lipinski definition) is 2. The Balaban J connectivity index is 1.99. The molecule has 4 heteroatoms. The average molecular weight is 310 g/mol. The van der Waals surface area contributed by atoms with Crippen molar-refractivity contribution < 1.29 is 0 Å². The molecule has 0 fully saturated rings. The summed E-state index contributed by atoms with van der Waals surface area (Å²) < 4.78 is 1.12. The summed E-state index contributed by atoms with van der Waals surface area (Å²) >= 11 is 3.52. The van der Waals surface area contributed by atoms with Gasteiger partial charge in [0.2, 0.25) is 0 Å². The van der Waals surface area contributed by atoms with Crippen LogP contribution in [0.2, 0.25) is 0 Å². The van der Waals surface area contributed by atoms with Gasteiger partial charge in [0.1, 0.15) is 0 Å². The van der Waals surface area contributed by atoms with Gasteiger partial charge < -0.3 is 10.6 Å². The van der Waals surface area contributed by atoms with Crippen molar-refractivity contribution in [3.8, 4) is 0 Å². The van der Waals surface area contributed by atoms with Gasteiger partial charge in [-0.15, -0.1) is 0 Å². The van der Waals surface area contributed by atoms with Crippen LogP contribution in [0.3, 0.4) is 0 Å². The average Bonchev–Trinajstić information content (AvgIpc) is 2.73. The minimum absolute atomic E-state index is 0.0693. The van der Waals surface area contributed by atoms with E-state index in [9.17, 15) is 0 Å². The molecule has 98 valence electrons. The van der Waals surface area contributed by atoms with Crippen molar-refractivity contribution in [1.29, 1.82) is 0 Å². The molecule has 1 atom stereocenters. The number of halogens is 1. The van der Waals surface area contributed by atoms with Gasteiger partial charge in [-0.25, -0.2) is 0 Å². The Morgan fingerprint density at radius 3 is 2.89 bits per heavy atom. The Morgan fingerprint density at radius 2 is 2.28 bits per heavy atom. The van der Waals surface area contributed by atoms with Crippen molar-refractivity contribution >= 4 is 21.9 Å². The smallest absolute Gasteiger partial charge is 0.191 e. The van der Waals surface area contributed by atoms with Crippen LogP contribution in [0.25, 0.3) is 0 Å². The molecule has 1 aromatic rings. The lowest BCUT2D eigenvalue weighted by molar-refractivity contribution is 0.509. The zero-order valence-electron chi connectivity index (χ0n) is 11.1. The van der Waals surface area contributed by atoms with E-state index in [1.165, 1.54) is 5.56 Å². The van der Waals surface area contributed by atoms with Crippen LogP contribution in [0, 0.1) is 0 Å². The highest BCUT2D eigenvalue weighted by molar-refractivity contribution is 9.10. The monoisotopic (exact) mass is 309 g/mol. The molecule has 1 aliphatic rings. The Hall–Kier alpha value is -1.03. The predicted octanol–water partition coefficient (Wildman–Crippen LogP) is 2.66. The van der Waals surface area contributed by atoms with Gasteiger partial charge in [-0.3, -0.25) is 4.99 Å². The summed E-state index contributed by atoms with van der Waals surface area (Å²) in [4.78, 5) is 4.42. The molecule has 3 nitrogen and oxygen atoms in total. The first kappa shape index (κ1) is 13.4. The highest BCUT2D eigenvalue weighted by Crippen LogP contribution is 2.25. The largest absolute Gasteiger partial charge is 0.356 e. The van der Waals surface area contributed by atoms with Gasteiger partial charge in [-0.1, -0.05) is 41.9 Å². The number of nitrogens with zero attached hydrogens (tertiary/aromatic N) is 1. The second-order valence-electron chi connectivity index (χ2n) is 5.48. The van der Waals surface area contributed by atoms with E-state index in [1.54, 1.807) is 0 Å². The topological polar surface area (TPSA) is 36.4 Å². The highest BCUT2D eigenvalue weighted by atomic mass is 79.9. The first-order valence-corrected chi connectivity index (χ1v) is 7.07. The van der Waals surface area contributed by atoms with Crippen LogP contribution < -0.4 is 10.6 Å². The van der Waals surface area contributed by atoms with Gasteiger partial charge in [0, 0.05) is 22.5 Å². The third-order valence-corrected chi connectivity index (χ3v) is 3.70. The minimum Gasteiger partial charge on any atom is -0.356 e. The molecular formula is C14H20BrN3. The number of rotatable bonds is 3. The minimum atomic E-state index is 0.0693. The SMILES string of the molecule is CC1CN=C(NCC(C)(C)c2cccc(Br)c2)N1. The van der Waals surface area contributed by atoms with Crippen LogP contribution >= 0.6 is 15.9 Å². The van der Waals surface area contributed by atoms with Gasteiger partial charge >= 0.3 is 0 Å². The molecule has 0 radical (unpaired) electrons. The normalized spacial score (nSPS) is 19.3. The number of benzene rings is 1.